The highest BCUT2D eigenvalue weighted by Crippen LogP contribution is 2.29. The Morgan fingerprint density at radius 1 is 1.44 bits per heavy atom. The molecule has 1 aliphatic carbocycles. The van der Waals surface area contributed by atoms with Crippen LogP contribution in [0, 0.1) is 0 Å². The Balaban J connectivity index is 1.76. The average Bonchev–Trinajstić information content (AvgIpc) is 3.31. The van der Waals surface area contributed by atoms with Crippen molar-refractivity contribution in [2.75, 3.05) is 7.05 Å². The number of ether oxygens (including phenoxy) is 1. The maximum absolute atomic E-state index is 12.4. The average molecular weight is 369 g/mol. The summed E-state index contributed by atoms with van der Waals surface area (Å²) in [5.74, 6) is 0.244. The topological polar surface area (TPSA) is 67.6 Å². The number of aromatic hydroxyl groups is 1. The first-order valence-corrected chi connectivity index (χ1v) is 9.35. The van der Waals surface area contributed by atoms with Gasteiger partial charge in [0.15, 0.2) is 0 Å². The van der Waals surface area contributed by atoms with Gasteiger partial charge in [0.25, 0.3) is 0 Å². The summed E-state index contributed by atoms with van der Waals surface area (Å²) in [6.45, 7) is 3.88. The number of phenolic OH excluding ortho intramolecular Hbond substituents is 1. The number of hydrogen-bond donors (Lipinski definition) is 1. The van der Waals surface area contributed by atoms with Crippen molar-refractivity contribution in [1.29, 1.82) is 0 Å². The Bertz CT molecular complexity index is 822. The van der Waals surface area contributed by atoms with Crippen LogP contribution in [-0.2, 0) is 24.8 Å². The first-order valence-electron chi connectivity index (χ1n) is 9.35. The Labute approximate surface area is 160 Å². The minimum Gasteiger partial charge on any atom is -0.508 e. The molecule has 27 heavy (non-hydrogen) atoms. The van der Waals surface area contributed by atoms with Crippen molar-refractivity contribution in [2.45, 2.75) is 44.8 Å². The molecular formula is C21H27N3O3. The molecule has 0 bridgehead atoms. The standard InChI is InChI=1S/C21H27N3O3/c1-4-7-16-12-15(10-11-20(16)25)18-13-22-24(3)19(18)14-27-21(26)23(2)17-8-5-6-9-17/h4,10-13,17,25H,1,5-9,14H2,2-3H3. The third-order valence-corrected chi connectivity index (χ3v) is 5.31. The number of nitrogens with zero attached hydrogens (tertiary/aromatic N) is 3. The molecule has 1 fully saturated rings. The van der Waals surface area contributed by atoms with Crippen molar-refractivity contribution in [3.05, 3.63) is 48.3 Å². The van der Waals surface area contributed by atoms with Crippen LogP contribution in [0.1, 0.15) is 36.9 Å². The van der Waals surface area contributed by atoms with Crippen LogP contribution >= 0.6 is 0 Å². The van der Waals surface area contributed by atoms with Gasteiger partial charge in [-0.25, -0.2) is 4.79 Å². The summed E-state index contributed by atoms with van der Waals surface area (Å²) in [5.41, 5.74) is 3.43. The summed E-state index contributed by atoms with van der Waals surface area (Å²) in [5, 5.41) is 14.3. The molecule has 1 saturated carbocycles. The predicted molar refractivity (Wildman–Crippen MR) is 104 cm³/mol. The molecule has 1 N–H and O–H groups in total. The van der Waals surface area contributed by atoms with Crippen LogP contribution in [0.15, 0.2) is 37.1 Å². The Morgan fingerprint density at radius 2 is 2.19 bits per heavy atom. The van der Waals surface area contributed by atoms with Gasteiger partial charge in [0.1, 0.15) is 12.4 Å². The van der Waals surface area contributed by atoms with Crippen molar-refractivity contribution in [2.24, 2.45) is 7.05 Å². The van der Waals surface area contributed by atoms with Gasteiger partial charge in [-0.3, -0.25) is 4.68 Å². The molecule has 6 heteroatoms. The normalized spacial score (nSPS) is 14.3. The highest BCUT2D eigenvalue weighted by molar-refractivity contribution is 5.70. The molecule has 144 valence electrons. The summed E-state index contributed by atoms with van der Waals surface area (Å²) in [6.07, 6.45) is 8.22. The molecule has 0 radical (unpaired) electrons. The van der Waals surface area contributed by atoms with Gasteiger partial charge in [-0.1, -0.05) is 25.0 Å². The molecule has 0 aliphatic heterocycles. The van der Waals surface area contributed by atoms with E-state index in [4.69, 9.17) is 4.74 Å². The zero-order valence-electron chi connectivity index (χ0n) is 16.0. The number of aromatic nitrogens is 2. The van der Waals surface area contributed by atoms with E-state index in [2.05, 4.69) is 11.7 Å². The number of benzene rings is 1. The minimum absolute atomic E-state index is 0.152. The van der Waals surface area contributed by atoms with Gasteiger partial charge in [-0.2, -0.15) is 5.10 Å². The van der Waals surface area contributed by atoms with E-state index in [1.807, 2.05) is 26.2 Å². The second-order valence-corrected chi connectivity index (χ2v) is 7.07. The summed E-state index contributed by atoms with van der Waals surface area (Å²) in [7, 11) is 3.64. The van der Waals surface area contributed by atoms with Gasteiger partial charge >= 0.3 is 6.09 Å². The number of carbonyl (C=O) groups is 1. The molecule has 0 unspecified atom stereocenters. The number of amides is 1. The molecule has 0 atom stereocenters. The van der Waals surface area contributed by atoms with Crippen molar-refractivity contribution >= 4 is 6.09 Å². The Hall–Kier alpha value is -2.76. The van der Waals surface area contributed by atoms with Crippen LogP contribution in [0.4, 0.5) is 4.79 Å². The lowest BCUT2D eigenvalue weighted by Crippen LogP contribution is -2.35. The second kappa shape index (κ2) is 8.29. The fourth-order valence-corrected chi connectivity index (χ4v) is 3.62. The largest absolute Gasteiger partial charge is 0.508 e. The quantitative estimate of drug-likeness (QED) is 0.781. The molecule has 3 rings (SSSR count). The number of carbonyl (C=O) groups excluding carboxylic acids is 1. The maximum Gasteiger partial charge on any atom is 0.410 e. The van der Waals surface area contributed by atoms with Gasteiger partial charge in [-0.15, -0.1) is 6.58 Å². The summed E-state index contributed by atoms with van der Waals surface area (Å²) in [4.78, 5) is 14.1. The van der Waals surface area contributed by atoms with Crippen molar-refractivity contribution in [3.63, 3.8) is 0 Å². The first kappa shape index (κ1) is 19.0. The molecule has 6 nitrogen and oxygen atoms in total. The van der Waals surface area contributed by atoms with Crippen molar-refractivity contribution in [1.82, 2.24) is 14.7 Å². The Kier molecular flexibility index (Phi) is 5.84. The van der Waals surface area contributed by atoms with E-state index < -0.39 is 0 Å². The van der Waals surface area contributed by atoms with Crippen molar-refractivity contribution < 1.29 is 14.6 Å². The number of allylic oxidation sites excluding steroid dienone is 1. The Morgan fingerprint density at radius 3 is 2.89 bits per heavy atom. The fourth-order valence-electron chi connectivity index (χ4n) is 3.62. The van der Waals surface area contributed by atoms with Crippen LogP contribution < -0.4 is 0 Å². The number of hydrogen-bond acceptors (Lipinski definition) is 4. The molecule has 1 heterocycles. The molecule has 1 amide bonds. The smallest absolute Gasteiger partial charge is 0.410 e. The van der Waals surface area contributed by atoms with Gasteiger partial charge < -0.3 is 14.7 Å². The fraction of sp³-hybridized carbons (Fsp3) is 0.429. The van der Waals surface area contributed by atoms with Crippen LogP contribution in [0.2, 0.25) is 0 Å². The highest BCUT2D eigenvalue weighted by Gasteiger charge is 2.25. The molecule has 1 aromatic carbocycles. The monoisotopic (exact) mass is 369 g/mol. The molecular weight excluding hydrogens is 342 g/mol. The lowest BCUT2D eigenvalue weighted by Gasteiger charge is -2.23. The zero-order chi connectivity index (χ0) is 19.4. The van der Waals surface area contributed by atoms with Gasteiger partial charge in [0.05, 0.1) is 11.9 Å². The molecule has 0 spiro atoms. The number of aryl methyl sites for hydroxylation is 1. The lowest BCUT2D eigenvalue weighted by atomic mass is 10.0. The van der Waals surface area contributed by atoms with Crippen LogP contribution in [0.25, 0.3) is 11.1 Å². The van der Waals surface area contributed by atoms with E-state index >= 15 is 0 Å². The molecule has 1 aliphatic rings. The summed E-state index contributed by atoms with van der Waals surface area (Å²) >= 11 is 0. The zero-order valence-corrected chi connectivity index (χ0v) is 16.0. The number of phenols is 1. The SMILES string of the molecule is C=CCc1cc(-c2cnn(C)c2COC(=O)N(C)C2CCCC2)ccc1O. The highest BCUT2D eigenvalue weighted by atomic mass is 16.6. The van der Waals surface area contributed by atoms with E-state index in [0.29, 0.717) is 6.42 Å². The van der Waals surface area contributed by atoms with E-state index in [0.717, 1.165) is 35.2 Å². The van der Waals surface area contributed by atoms with Crippen molar-refractivity contribution in [3.8, 4) is 16.9 Å². The number of rotatable bonds is 6. The second-order valence-electron chi connectivity index (χ2n) is 7.07. The van der Waals surface area contributed by atoms with Crippen LogP contribution in [-0.4, -0.2) is 39.0 Å². The van der Waals surface area contributed by atoms with E-state index in [1.165, 1.54) is 12.8 Å². The minimum atomic E-state index is -0.299. The van der Waals surface area contributed by atoms with Crippen LogP contribution in [0.5, 0.6) is 5.75 Å². The molecule has 0 saturated heterocycles. The van der Waals surface area contributed by atoms with Gasteiger partial charge in [0, 0.05) is 25.7 Å². The van der Waals surface area contributed by atoms with E-state index in [9.17, 15) is 9.90 Å². The van der Waals surface area contributed by atoms with Gasteiger partial charge in [-0.05, 0) is 42.5 Å². The van der Waals surface area contributed by atoms with Gasteiger partial charge in [0.2, 0.25) is 0 Å². The predicted octanol–water partition coefficient (Wildman–Crippen LogP) is 4.03. The molecule has 2 aromatic rings. The summed E-state index contributed by atoms with van der Waals surface area (Å²) in [6, 6.07) is 5.71. The summed E-state index contributed by atoms with van der Waals surface area (Å²) < 4.78 is 7.29. The van der Waals surface area contributed by atoms with E-state index in [-0.39, 0.29) is 24.5 Å². The van der Waals surface area contributed by atoms with Crippen LogP contribution in [0.3, 0.4) is 0 Å². The van der Waals surface area contributed by atoms with E-state index in [1.54, 1.807) is 27.9 Å². The molecule has 1 aromatic heterocycles. The third kappa shape index (κ3) is 4.15. The lowest BCUT2D eigenvalue weighted by molar-refractivity contribution is 0.0899. The third-order valence-electron chi connectivity index (χ3n) is 5.31. The first-order chi connectivity index (χ1) is 13.0. The maximum atomic E-state index is 12.4.